The van der Waals surface area contributed by atoms with Gasteiger partial charge in [0.05, 0.1) is 24.2 Å². The van der Waals surface area contributed by atoms with E-state index in [1.54, 1.807) is 24.3 Å². The van der Waals surface area contributed by atoms with Crippen molar-refractivity contribution >= 4 is 15.9 Å². The van der Waals surface area contributed by atoms with Crippen LogP contribution in [0.1, 0.15) is 56.3 Å². The fraction of sp³-hybridized carbons (Fsp3) is 0.500. The molecule has 6 nitrogen and oxygen atoms in total. The highest BCUT2D eigenvalue weighted by atomic mass is 32.2. The van der Waals surface area contributed by atoms with E-state index in [9.17, 15) is 13.2 Å². The van der Waals surface area contributed by atoms with E-state index >= 15 is 0 Å². The molecule has 1 amide bonds. The zero-order valence-electron chi connectivity index (χ0n) is 19.9. The van der Waals surface area contributed by atoms with E-state index in [1.165, 1.54) is 9.87 Å². The molecule has 0 bridgehead atoms. The fourth-order valence-electron chi connectivity index (χ4n) is 4.08. The predicted molar refractivity (Wildman–Crippen MR) is 130 cm³/mol. The molecule has 33 heavy (non-hydrogen) atoms. The lowest BCUT2D eigenvalue weighted by molar-refractivity contribution is -0.122. The minimum absolute atomic E-state index is 0.00338. The second kappa shape index (κ2) is 11.8. The van der Waals surface area contributed by atoms with Gasteiger partial charge in [-0.15, -0.1) is 0 Å². The first-order valence-electron chi connectivity index (χ1n) is 11.9. The monoisotopic (exact) mass is 472 g/mol. The normalized spacial score (nSPS) is 16.0. The smallest absolute Gasteiger partial charge is 0.243 e. The van der Waals surface area contributed by atoms with Crippen molar-refractivity contribution in [1.82, 2.24) is 9.62 Å². The third kappa shape index (κ3) is 6.88. The van der Waals surface area contributed by atoms with Crippen molar-refractivity contribution < 1.29 is 17.9 Å². The van der Waals surface area contributed by atoms with Crippen molar-refractivity contribution in [2.24, 2.45) is 5.92 Å². The van der Waals surface area contributed by atoms with E-state index in [-0.39, 0.29) is 22.8 Å². The summed E-state index contributed by atoms with van der Waals surface area (Å²) >= 11 is 0. The van der Waals surface area contributed by atoms with Crippen LogP contribution in [0.3, 0.4) is 0 Å². The summed E-state index contributed by atoms with van der Waals surface area (Å²) in [5.74, 6) is 0.270. The fourth-order valence-corrected chi connectivity index (χ4v) is 5.49. The van der Waals surface area contributed by atoms with Crippen LogP contribution < -0.4 is 5.32 Å². The Balaban J connectivity index is 1.57. The van der Waals surface area contributed by atoms with Crippen LogP contribution in [-0.2, 0) is 32.4 Å². The number of hydrogen-bond acceptors (Lipinski definition) is 4. The summed E-state index contributed by atoms with van der Waals surface area (Å²) < 4.78 is 32.2. The largest absolute Gasteiger partial charge is 0.379 e. The predicted octanol–water partition coefficient (Wildman–Crippen LogP) is 4.11. The van der Waals surface area contributed by atoms with Gasteiger partial charge in [0.1, 0.15) is 0 Å². The van der Waals surface area contributed by atoms with Gasteiger partial charge in [-0.2, -0.15) is 4.31 Å². The third-order valence-electron chi connectivity index (χ3n) is 6.03. The van der Waals surface area contributed by atoms with Crippen LogP contribution >= 0.6 is 0 Å². The molecule has 1 atom stereocenters. The number of aryl methyl sites for hydroxylation is 2. The number of benzene rings is 2. The Morgan fingerprint density at radius 3 is 2.12 bits per heavy atom. The molecule has 1 fully saturated rings. The number of carbonyl (C=O) groups is 1. The molecule has 1 aliphatic rings. The first-order valence-corrected chi connectivity index (χ1v) is 13.3. The zero-order chi connectivity index (χ0) is 23.8. The van der Waals surface area contributed by atoms with Crippen LogP contribution in [0.5, 0.6) is 0 Å². The van der Waals surface area contributed by atoms with Gasteiger partial charge in [-0.3, -0.25) is 4.79 Å². The Morgan fingerprint density at radius 2 is 1.55 bits per heavy atom. The lowest BCUT2D eigenvalue weighted by Gasteiger charge is -2.26. The Hall–Kier alpha value is -2.22. The number of sulfonamides is 1. The standard InChI is InChI=1S/C26H36N2O4S/c1-4-5-21-6-11-23(12-7-21)26(20(2)3)27-25(29)15-10-22-8-13-24(14-9-22)33(30,31)28-16-18-32-19-17-28/h6-9,11-14,20,26H,4-5,10,15-19H2,1-3H3,(H,27,29)/t26-/m0/s1. The maximum atomic E-state index is 12.7. The van der Waals surface area contributed by atoms with Crippen molar-refractivity contribution in [3.63, 3.8) is 0 Å². The van der Waals surface area contributed by atoms with Crippen molar-refractivity contribution in [2.75, 3.05) is 26.3 Å². The van der Waals surface area contributed by atoms with Gasteiger partial charge >= 0.3 is 0 Å². The second-order valence-electron chi connectivity index (χ2n) is 8.94. The van der Waals surface area contributed by atoms with Gasteiger partial charge in [0.2, 0.25) is 15.9 Å². The van der Waals surface area contributed by atoms with Gasteiger partial charge in [-0.1, -0.05) is 63.6 Å². The van der Waals surface area contributed by atoms with E-state index in [2.05, 4.69) is 50.4 Å². The van der Waals surface area contributed by atoms with Gasteiger partial charge < -0.3 is 10.1 Å². The SMILES string of the molecule is CCCc1ccc([C@@H](NC(=O)CCc2ccc(S(=O)(=O)N3CCOCC3)cc2)C(C)C)cc1. The number of rotatable bonds is 10. The zero-order valence-corrected chi connectivity index (χ0v) is 20.7. The molecule has 2 aromatic rings. The molecule has 2 aromatic carbocycles. The average molecular weight is 473 g/mol. The van der Waals surface area contributed by atoms with Gasteiger partial charge in [-0.05, 0) is 47.6 Å². The second-order valence-corrected chi connectivity index (χ2v) is 10.9. The number of amides is 1. The number of hydrogen-bond donors (Lipinski definition) is 1. The summed E-state index contributed by atoms with van der Waals surface area (Å²) in [6, 6.07) is 15.3. The van der Waals surface area contributed by atoms with Crippen LogP contribution in [0.2, 0.25) is 0 Å². The van der Waals surface area contributed by atoms with E-state index in [1.807, 2.05) is 0 Å². The topological polar surface area (TPSA) is 75.7 Å². The highest BCUT2D eigenvalue weighted by Crippen LogP contribution is 2.23. The van der Waals surface area contributed by atoms with Crippen LogP contribution in [0.15, 0.2) is 53.4 Å². The van der Waals surface area contributed by atoms with Crippen molar-refractivity contribution in [3.05, 3.63) is 65.2 Å². The maximum absolute atomic E-state index is 12.7. The summed E-state index contributed by atoms with van der Waals surface area (Å²) in [5.41, 5.74) is 3.38. The molecule has 7 heteroatoms. The summed E-state index contributed by atoms with van der Waals surface area (Å²) in [6.45, 7) is 7.99. The Bertz CT molecular complexity index is 996. The molecule has 1 heterocycles. The first-order chi connectivity index (χ1) is 15.8. The number of ether oxygens (including phenoxy) is 1. The Labute approximate surface area is 198 Å². The van der Waals surface area contributed by atoms with E-state index < -0.39 is 10.0 Å². The Morgan fingerprint density at radius 1 is 0.970 bits per heavy atom. The van der Waals surface area contributed by atoms with Crippen LogP contribution in [0, 0.1) is 5.92 Å². The molecule has 1 saturated heterocycles. The van der Waals surface area contributed by atoms with E-state index in [0.717, 1.165) is 24.0 Å². The van der Waals surface area contributed by atoms with Gasteiger partial charge in [0.15, 0.2) is 0 Å². The van der Waals surface area contributed by atoms with E-state index in [4.69, 9.17) is 4.74 Å². The summed E-state index contributed by atoms with van der Waals surface area (Å²) in [6.07, 6.45) is 3.09. The molecular formula is C26H36N2O4S. The lowest BCUT2D eigenvalue weighted by Crippen LogP contribution is -2.40. The lowest BCUT2D eigenvalue weighted by atomic mass is 9.94. The molecule has 1 aliphatic heterocycles. The highest BCUT2D eigenvalue weighted by Gasteiger charge is 2.26. The minimum atomic E-state index is -3.50. The van der Waals surface area contributed by atoms with Crippen LogP contribution in [0.25, 0.3) is 0 Å². The van der Waals surface area contributed by atoms with Gasteiger partial charge in [-0.25, -0.2) is 8.42 Å². The maximum Gasteiger partial charge on any atom is 0.243 e. The molecule has 3 rings (SSSR count). The van der Waals surface area contributed by atoms with Crippen LogP contribution in [0.4, 0.5) is 0 Å². The molecule has 0 saturated carbocycles. The molecular weight excluding hydrogens is 436 g/mol. The van der Waals surface area contributed by atoms with Gasteiger partial charge in [0.25, 0.3) is 0 Å². The average Bonchev–Trinajstić information content (AvgIpc) is 2.83. The Kier molecular flexibility index (Phi) is 9.06. The van der Waals surface area contributed by atoms with Gasteiger partial charge in [0, 0.05) is 19.5 Å². The van der Waals surface area contributed by atoms with Crippen molar-refractivity contribution in [1.29, 1.82) is 0 Å². The molecule has 0 radical (unpaired) electrons. The summed E-state index contributed by atoms with van der Waals surface area (Å²) in [4.78, 5) is 13.0. The molecule has 180 valence electrons. The van der Waals surface area contributed by atoms with Crippen molar-refractivity contribution in [3.8, 4) is 0 Å². The van der Waals surface area contributed by atoms with E-state index in [0.29, 0.717) is 39.1 Å². The van der Waals surface area contributed by atoms with Crippen LogP contribution in [-0.4, -0.2) is 44.9 Å². The molecule has 0 spiro atoms. The number of morpholine rings is 1. The van der Waals surface area contributed by atoms with Crippen molar-refractivity contribution in [2.45, 2.75) is 57.4 Å². The molecule has 0 aromatic heterocycles. The number of nitrogens with zero attached hydrogens (tertiary/aromatic N) is 1. The first kappa shape index (κ1) is 25.4. The number of carbonyl (C=O) groups excluding carboxylic acids is 1. The highest BCUT2D eigenvalue weighted by molar-refractivity contribution is 7.89. The number of nitrogens with one attached hydrogen (secondary N) is 1. The summed E-state index contributed by atoms with van der Waals surface area (Å²) in [5, 5.41) is 3.18. The summed E-state index contributed by atoms with van der Waals surface area (Å²) in [7, 11) is -3.50. The molecule has 0 aliphatic carbocycles. The molecule has 0 unspecified atom stereocenters. The third-order valence-corrected chi connectivity index (χ3v) is 7.95. The molecule has 1 N–H and O–H groups in total. The minimum Gasteiger partial charge on any atom is -0.379 e. The quantitative estimate of drug-likeness (QED) is 0.565.